The number of nitro groups is 1. The van der Waals surface area contributed by atoms with Gasteiger partial charge in [-0.25, -0.2) is 4.79 Å². The zero-order valence-corrected chi connectivity index (χ0v) is 27.5. The summed E-state index contributed by atoms with van der Waals surface area (Å²) in [5.74, 6) is -1.35. The lowest BCUT2D eigenvalue weighted by molar-refractivity contribution is -0.384. The maximum atomic E-state index is 14.1. The van der Waals surface area contributed by atoms with Crippen molar-refractivity contribution in [3.05, 3.63) is 118 Å². The second kappa shape index (κ2) is 12.7. The van der Waals surface area contributed by atoms with Crippen LogP contribution in [0.3, 0.4) is 0 Å². The molecular weight excluding hydrogens is 608 g/mol. The van der Waals surface area contributed by atoms with Gasteiger partial charge in [-0.1, -0.05) is 75.4 Å². The Morgan fingerprint density at radius 3 is 2.33 bits per heavy atom. The van der Waals surface area contributed by atoms with Crippen molar-refractivity contribution in [3.8, 4) is 5.75 Å². The maximum absolute atomic E-state index is 14.1. The van der Waals surface area contributed by atoms with Crippen LogP contribution in [0.5, 0.6) is 5.75 Å². The molecule has 246 valence electrons. The van der Waals surface area contributed by atoms with Crippen LogP contribution >= 0.6 is 0 Å². The number of hydrogen-bond acceptors (Lipinski definition) is 6. The predicted molar refractivity (Wildman–Crippen MR) is 182 cm³/mol. The zero-order chi connectivity index (χ0) is 34.2. The lowest BCUT2D eigenvalue weighted by Gasteiger charge is -2.40. The average molecular weight is 647 g/mol. The van der Waals surface area contributed by atoms with Crippen LogP contribution < -0.4 is 9.64 Å². The molecule has 2 fully saturated rings. The molecule has 0 aliphatic heterocycles. The first-order valence-corrected chi connectivity index (χ1v) is 16.1. The Balaban J connectivity index is 1.31. The molecule has 4 aromatic carbocycles. The Bertz CT molecular complexity index is 1930. The summed E-state index contributed by atoms with van der Waals surface area (Å²) in [7, 11) is 1.53. The quantitative estimate of drug-likeness (QED) is 0.0341. The van der Waals surface area contributed by atoms with Crippen molar-refractivity contribution in [2.75, 3.05) is 18.6 Å². The number of fused-ring (bicyclic) bond motifs is 3. The largest absolute Gasteiger partial charge is 0.497 e. The standard InChI is InChI=1S/C38H38N4O6/c1-37(2)31-20-22-38(37,3)32(30-11-7-9-25-8-5-6-10-29(25)30)34(31)48-36(44)33(40-39)35(43)41(26-16-18-28(47-4)19-17-26)23-21-24-12-14-27(15-13-24)42(45)46/h5-19,31-32,34H,20-23H2,1-4H3/t31-,32-,34-,38-/m1/s1. The minimum Gasteiger partial charge on any atom is -0.497 e. The number of methoxy groups -OCH3 is 1. The highest BCUT2D eigenvalue weighted by molar-refractivity contribution is 6.64. The van der Waals surface area contributed by atoms with Crippen molar-refractivity contribution in [2.45, 2.75) is 52.1 Å². The lowest BCUT2D eigenvalue weighted by atomic mass is 9.64. The summed E-state index contributed by atoms with van der Waals surface area (Å²) in [6, 6.07) is 27.1. The van der Waals surface area contributed by atoms with Gasteiger partial charge in [-0.3, -0.25) is 14.9 Å². The fourth-order valence-electron chi connectivity index (χ4n) is 8.09. The molecule has 1 amide bonds. The number of rotatable bonds is 10. The van der Waals surface area contributed by atoms with E-state index in [1.54, 1.807) is 36.4 Å². The number of nitrogens with zero attached hydrogens (tertiary/aromatic N) is 4. The molecule has 2 aliphatic carbocycles. The molecule has 4 aromatic rings. The molecular formula is C38H38N4O6. The molecule has 4 atom stereocenters. The summed E-state index contributed by atoms with van der Waals surface area (Å²) in [6.07, 6.45) is 1.61. The van der Waals surface area contributed by atoms with E-state index in [4.69, 9.17) is 9.47 Å². The Kier molecular flexibility index (Phi) is 8.62. The molecule has 0 aromatic heterocycles. The monoisotopic (exact) mass is 646 g/mol. The number of esters is 1. The second-order valence-electron chi connectivity index (χ2n) is 13.5. The summed E-state index contributed by atoms with van der Waals surface area (Å²) in [4.78, 5) is 43.3. The summed E-state index contributed by atoms with van der Waals surface area (Å²) in [6.45, 7) is 6.81. The van der Waals surface area contributed by atoms with Crippen LogP contribution in [0.15, 0.2) is 91.0 Å². The third-order valence-electron chi connectivity index (χ3n) is 11.1. The Labute approximate surface area is 279 Å². The third-order valence-corrected chi connectivity index (χ3v) is 11.1. The van der Waals surface area contributed by atoms with Gasteiger partial charge in [0.1, 0.15) is 11.9 Å². The molecule has 48 heavy (non-hydrogen) atoms. The first-order chi connectivity index (χ1) is 23.0. The average Bonchev–Trinajstić information content (AvgIpc) is 3.41. The van der Waals surface area contributed by atoms with Crippen LogP contribution in [-0.2, 0) is 20.7 Å². The smallest absolute Gasteiger partial charge is 0.463 e. The number of carbonyl (C=O) groups excluding carboxylic acids is 2. The molecule has 2 aliphatic rings. The normalized spacial score (nSPS) is 22.1. The second-order valence-corrected chi connectivity index (χ2v) is 13.5. The highest BCUT2D eigenvalue weighted by atomic mass is 16.6. The molecule has 0 spiro atoms. The summed E-state index contributed by atoms with van der Waals surface area (Å²) < 4.78 is 11.6. The SMILES string of the molecule is COc1ccc(N(CCc2ccc([N+](=O)[O-])cc2)C(=O)C(=[N+]=[N-])C(=O)O[C@@H]2[C@H]3CC[C@](C)([C@@H]2c2cccc4ccccc24)C3(C)C)cc1. The van der Waals surface area contributed by atoms with Gasteiger partial charge in [0.25, 0.3) is 5.69 Å². The van der Waals surface area contributed by atoms with Gasteiger partial charge in [-0.05, 0) is 76.3 Å². The third kappa shape index (κ3) is 5.52. The van der Waals surface area contributed by atoms with Crippen LogP contribution in [0.4, 0.5) is 11.4 Å². The summed E-state index contributed by atoms with van der Waals surface area (Å²) in [5, 5.41) is 13.3. The van der Waals surface area contributed by atoms with Crippen LogP contribution in [0.2, 0.25) is 0 Å². The molecule has 6 rings (SSSR count). The summed E-state index contributed by atoms with van der Waals surface area (Å²) >= 11 is 0. The van der Waals surface area contributed by atoms with Gasteiger partial charge in [-0.2, -0.15) is 4.79 Å². The van der Waals surface area contributed by atoms with E-state index < -0.39 is 28.6 Å². The number of nitro benzene ring substituents is 1. The lowest BCUT2D eigenvalue weighted by Crippen LogP contribution is -2.44. The number of non-ortho nitro benzene ring substituents is 1. The van der Waals surface area contributed by atoms with Crippen LogP contribution in [0.25, 0.3) is 16.3 Å². The van der Waals surface area contributed by atoms with Gasteiger partial charge in [0.15, 0.2) is 0 Å². The first-order valence-electron chi connectivity index (χ1n) is 16.1. The molecule has 10 nitrogen and oxygen atoms in total. The molecule has 0 heterocycles. The van der Waals surface area contributed by atoms with Gasteiger partial charge in [-0.15, -0.1) is 0 Å². The minimum atomic E-state index is -0.987. The molecule has 0 saturated heterocycles. The zero-order valence-electron chi connectivity index (χ0n) is 27.5. The molecule has 2 saturated carbocycles. The van der Waals surface area contributed by atoms with E-state index in [1.165, 1.54) is 24.1 Å². The van der Waals surface area contributed by atoms with Crippen molar-refractivity contribution in [1.82, 2.24) is 0 Å². The van der Waals surface area contributed by atoms with Gasteiger partial charge >= 0.3 is 17.6 Å². The fourth-order valence-corrected chi connectivity index (χ4v) is 8.09. The maximum Gasteiger partial charge on any atom is 0.463 e. The first kappa shape index (κ1) is 32.6. The Hall–Kier alpha value is -5.34. The van der Waals surface area contributed by atoms with Crippen molar-refractivity contribution in [1.29, 1.82) is 0 Å². The number of ether oxygens (including phenoxy) is 2. The van der Waals surface area contributed by atoms with Gasteiger partial charge in [0.2, 0.25) is 0 Å². The van der Waals surface area contributed by atoms with E-state index in [2.05, 4.69) is 49.8 Å². The van der Waals surface area contributed by atoms with Crippen molar-refractivity contribution in [3.63, 3.8) is 0 Å². The predicted octanol–water partition coefficient (Wildman–Crippen LogP) is 7.15. The number of amides is 1. The van der Waals surface area contributed by atoms with Crippen LogP contribution in [0.1, 0.15) is 50.7 Å². The number of carbonyl (C=O) groups is 2. The van der Waals surface area contributed by atoms with Gasteiger partial charge < -0.3 is 19.9 Å². The van der Waals surface area contributed by atoms with Gasteiger partial charge in [0.05, 0.1) is 12.0 Å². The molecule has 0 radical (unpaired) electrons. The fraction of sp³-hybridized carbons (Fsp3) is 0.342. The molecule has 0 N–H and O–H groups in total. The van der Waals surface area contributed by atoms with Crippen molar-refractivity contribution < 1.29 is 28.8 Å². The highest BCUT2D eigenvalue weighted by Crippen LogP contribution is 2.72. The Morgan fingerprint density at radius 1 is 0.979 bits per heavy atom. The number of benzene rings is 4. The number of anilines is 1. The van der Waals surface area contributed by atoms with Gasteiger partial charge in [0, 0.05) is 36.2 Å². The molecule has 0 unspecified atom stereocenters. The van der Waals surface area contributed by atoms with E-state index in [0.29, 0.717) is 17.9 Å². The van der Waals surface area contributed by atoms with E-state index in [0.717, 1.165) is 34.7 Å². The van der Waals surface area contributed by atoms with Crippen LogP contribution in [-0.4, -0.2) is 47.1 Å². The van der Waals surface area contributed by atoms with E-state index in [9.17, 15) is 25.2 Å². The van der Waals surface area contributed by atoms with Crippen molar-refractivity contribution in [2.24, 2.45) is 16.7 Å². The summed E-state index contributed by atoms with van der Waals surface area (Å²) in [5.41, 5.74) is 11.3. The topological polar surface area (TPSA) is 135 Å². The molecule has 2 bridgehead atoms. The van der Waals surface area contributed by atoms with Crippen LogP contribution in [0, 0.1) is 26.9 Å². The highest BCUT2D eigenvalue weighted by Gasteiger charge is 2.68. The number of hydrogen-bond donors (Lipinski definition) is 0. The Morgan fingerprint density at radius 2 is 1.67 bits per heavy atom. The van der Waals surface area contributed by atoms with E-state index in [-0.39, 0.29) is 34.9 Å². The minimum absolute atomic E-state index is 0.0327. The van der Waals surface area contributed by atoms with E-state index >= 15 is 0 Å². The van der Waals surface area contributed by atoms with E-state index in [1.807, 2.05) is 18.2 Å². The van der Waals surface area contributed by atoms with Crippen molar-refractivity contribution >= 4 is 39.7 Å². The molecule has 10 heteroatoms.